The summed E-state index contributed by atoms with van der Waals surface area (Å²) >= 11 is 0. The zero-order valence-corrected chi connectivity index (χ0v) is 23.4. The highest BCUT2D eigenvalue weighted by molar-refractivity contribution is 7.52. The first-order valence-electron chi connectivity index (χ1n) is 12.9. The van der Waals surface area contributed by atoms with Crippen LogP contribution in [0.4, 0.5) is 0 Å². The fourth-order valence-electron chi connectivity index (χ4n) is 4.70. The van der Waals surface area contributed by atoms with Crippen LogP contribution in [0.3, 0.4) is 0 Å². The van der Waals surface area contributed by atoms with Crippen molar-refractivity contribution in [3.05, 3.63) is 66.6 Å². The van der Waals surface area contributed by atoms with Crippen LogP contribution in [0.25, 0.3) is 5.65 Å². The van der Waals surface area contributed by atoms with Crippen molar-refractivity contribution >= 4 is 19.4 Å². The number of benzene rings is 1. The molecule has 210 valence electrons. The number of nitrogens with one attached hydrogen (secondary N) is 1. The topological polar surface area (TPSA) is 119 Å². The number of aromatic nitrogens is 2. The second-order valence-electron chi connectivity index (χ2n) is 10.3. The van der Waals surface area contributed by atoms with Gasteiger partial charge < -0.3 is 27.9 Å². The molecular formula is C27H34N3O8P. The number of fused-ring (bicyclic) bond motifs is 2. The summed E-state index contributed by atoms with van der Waals surface area (Å²) in [5, 5.41) is 2.71. The Balaban J connectivity index is 1.35. The van der Waals surface area contributed by atoms with Crippen LogP contribution in [0.2, 0.25) is 0 Å². The van der Waals surface area contributed by atoms with E-state index in [0.29, 0.717) is 5.75 Å². The van der Waals surface area contributed by atoms with Gasteiger partial charge in [-0.3, -0.25) is 9.32 Å². The van der Waals surface area contributed by atoms with Gasteiger partial charge in [0.05, 0.1) is 12.7 Å². The fourth-order valence-corrected chi connectivity index (χ4v) is 6.20. The van der Waals surface area contributed by atoms with E-state index in [4.69, 9.17) is 28.0 Å². The van der Waals surface area contributed by atoms with Gasteiger partial charge in [-0.15, -0.1) is 0 Å². The third-order valence-electron chi connectivity index (χ3n) is 6.32. The van der Waals surface area contributed by atoms with Gasteiger partial charge in [0.25, 0.3) is 0 Å². The molecule has 5 rings (SSSR count). The summed E-state index contributed by atoms with van der Waals surface area (Å²) in [5.41, 5.74) is 1.69. The molecule has 6 atom stereocenters. The summed E-state index contributed by atoms with van der Waals surface area (Å²) in [7, 11) is -4.07. The molecule has 0 spiro atoms. The zero-order valence-electron chi connectivity index (χ0n) is 22.6. The molecule has 0 aliphatic carbocycles. The van der Waals surface area contributed by atoms with E-state index >= 15 is 0 Å². The van der Waals surface area contributed by atoms with E-state index in [1.807, 2.05) is 48.8 Å². The Bertz CT molecular complexity index is 1350. The number of hydrogen-bond donors (Lipinski definition) is 1. The predicted molar refractivity (Wildman–Crippen MR) is 141 cm³/mol. The van der Waals surface area contributed by atoms with Crippen LogP contribution in [-0.4, -0.2) is 58.2 Å². The first-order chi connectivity index (χ1) is 18.5. The molecular weight excluding hydrogens is 525 g/mol. The van der Waals surface area contributed by atoms with Crippen LogP contribution in [0.1, 0.15) is 46.3 Å². The Hall–Kier alpha value is -2.79. The van der Waals surface area contributed by atoms with Gasteiger partial charge in [-0.25, -0.2) is 9.55 Å². The quantitative estimate of drug-likeness (QED) is 0.282. The van der Waals surface area contributed by atoms with Crippen molar-refractivity contribution in [3.63, 3.8) is 0 Å². The number of hydrogen-bond acceptors (Lipinski definition) is 9. The minimum Gasteiger partial charge on any atom is -0.462 e. The van der Waals surface area contributed by atoms with Crippen molar-refractivity contribution in [1.29, 1.82) is 0 Å². The van der Waals surface area contributed by atoms with Crippen LogP contribution in [-0.2, 0) is 32.8 Å². The van der Waals surface area contributed by atoms with Gasteiger partial charge in [0.1, 0.15) is 41.9 Å². The number of carbonyl (C=O) groups excluding carboxylic acids is 1. The van der Waals surface area contributed by atoms with Crippen molar-refractivity contribution in [2.75, 3.05) is 6.61 Å². The molecule has 0 amide bonds. The van der Waals surface area contributed by atoms with Gasteiger partial charge in [-0.2, -0.15) is 5.09 Å². The fraction of sp³-hybridized carbons (Fsp3) is 0.481. The Kier molecular flexibility index (Phi) is 7.83. The zero-order chi connectivity index (χ0) is 27.8. The largest absolute Gasteiger partial charge is 0.462 e. The third kappa shape index (κ3) is 6.35. The Morgan fingerprint density at radius 2 is 1.87 bits per heavy atom. The van der Waals surface area contributed by atoms with Crippen molar-refractivity contribution in [3.8, 4) is 5.75 Å². The number of rotatable bonds is 10. The highest BCUT2D eigenvalue weighted by Crippen LogP contribution is 2.49. The van der Waals surface area contributed by atoms with Gasteiger partial charge in [-0.05, 0) is 52.8 Å². The molecule has 0 radical (unpaired) electrons. The molecule has 11 nitrogen and oxygen atoms in total. The lowest BCUT2D eigenvalue weighted by atomic mass is 10.0. The summed E-state index contributed by atoms with van der Waals surface area (Å²) in [6, 6.07) is 11.5. The average Bonchev–Trinajstić information content (AvgIpc) is 3.55. The van der Waals surface area contributed by atoms with Gasteiger partial charge in [0.15, 0.2) is 5.79 Å². The number of imidazole rings is 1. The van der Waals surface area contributed by atoms with Crippen LogP contribution >= 0.6 is 7.75 Å². The second-order valence-corrected chi connectivity index (χ2v) is 12.0. The minimum absolute atomic E-state index is 0.145. The SMILES string of the molecule is CC(C)OC(=O)[C@H](C)NP(=O)(OCC1OC(c2ccc3nccn3c2)[C@@H]2OC(C)(C)O[C@H]12)Oc1ccccc1. The van der Waals surface area contributed by atoms with Gasteiger partial charge in [0.2, 0.25) is 0 Å². The van der Waals surface area contributed by atoms with Gasteiger partial charge >= 0.3 is 13.7 Å². The lowest BCUT2D eigenvalue weighted by Gasteiger charge is -2.26. The Morgan fingerprint density at radius 1 is 1.13 bits per heavy atom. The molecule has 12 heteroatoms. The molecule has 3 aromatic rings. The smallest absolute Gasteiger partial charge is 0.459 e. The van der Waals surface area contributed by atoms with E-state index in [1.165, 1.54) is 6.92 Å². The van der Waals surface area contributed by atoms with Crippen molar-refractivity contribution in [2.24, 2.45) is 0 Å². The van der Waals surface area contributed by atoms with E-state index in [2.05, 4.69) is 10.1 Å². The van der Waals surface area contributed by atoms with Gasteiger partial charge in [0, 0.05) is 24.2 Å². The van der Waals surface area contributed by atoms with Gasteiger partial charge in [-0.1, -0.05) is 24.3 Å². The first kappa shape index (κ1) is 27.8. The molecule has 1 aromatic carbocycles. The standard InChI is InChI=1S/C27H34N3O8P/c1-17(2)34-26(31)18(3)29-39(32,38-20-9-7-6-8-10-20)33-16-21-24-25(37-27(4,5)36-24)23(35-21)19-11-12-22-28-13-14-30(22)15-19/h6-15,17-18,21,23-25H,16H2,1-5H3,(H,29,32)/t18-,21?,23?,24+,25-,39?/m0/s1. The second kappa shape index (κ2) is 11.0. The Morgan fingerprint density at radius 3 is 2.62 bits per heavy atom. The maximum absolute atomic E-state index is 13.9. The normalized spacial score (nSPS) is 26.3. The molecule has 39 heavy (non-hydrogen) atoms. The first-order valence-corrected chi connectivity index (χ1v) is 14.5. The summed E-state index contributed by atoms with van der Waals surface area (Å²) in [4.78, 5) is 16.7. The van der Waals surface area contributed by atoms with E-state index in [0.717, 1.165) is 11.2 Å². The van der Waals surface area contributed by atoms with E-state index in [-0.39, 0.29) is 12.7 Å². The summed E-state index contributed by atoms with van der Waals surface area (Å²) < 4.78 is 51.5. The highest BCUT2D eigenvalue weighted by atomic mass is 31.2. The highest BCUT2D eigenvalue weighted by Gasteiger charge is 2.56. The molecule has 0 bridgehead atoms. The number of esters is 1. The van der Waals surface area contributed by atoms with Crippen molar-refractivity contribution in [2.45, 2.75) is 77.0 Å². The number of pyridine rings is 1. The van der Waals surface area contributed by atoms with E-state index in [1.54, 1.807) is 44.3 Å². The van der Waals surface area contributed by atoms with Crippen LogP contribution < -0.4 is 9.61 Å². The van der Waals surface area contributed by atoms with Crippen molar-refractivity contribution in [1.82, 2.24) is 14.5 Å². The predicted octanol–water partition coefficient (Wildman–Crippen LogP) is 4.43. The monoisotopic (exact) mass is 559 g/mol. The molecule has 1 N–H and O–H groups in total. The maximum Gasteiger partial charge on any atom is 0.459 e. The summed E-state index contributed by atoms with van der Waals surface area (Å²) in [6.07, 6.45) is 3.19. The van der Waals surface area contributed by atoms with E-state index in [9.17, 15) is 9.36 Å². The van der Waals surface area contributed by atoms with Crippen LogP contribution in [0.15, 0.2) is 61.1 Å². The molecule has 3 unspecified atom stereocenters. The third-order valence-corrected chi connectivity index (χ3v) is 7.97. The molecule has 4 heterocycles. The molecule has 2 saturated heterocycles. The lowest BCUT2D eigenvalue weighted by Crippen LogP contribution is -2.38. The lowest BCUT2D eigenvalue weighted by molar-refractivity contribution is -0.190. The number of para-hydroxylation sites is 1. The molecule has 2 aromatic heterocycles. The molecule has 2 aliphatic rings. The summed E-state index contributed by atoms with van der Waals surface area (Å²) in [6.45, 7) is 8.55. The number of nitrogens with zero attached hydrogens (tertiary/aromatic N) is 2. The number of ether oxygens (including phenoxy) is 4. The minimum atomic E-state index is -4.07. The maximum atomic E-state index is 13.9. The average molecular weight is 560 g/mol. The van der Waals surface area contributed by atoms with E-state index < -0.39 is 50.0 Å². The summed E-state index contributed by atoms with van der Waals surface area (Å²) in [5.74, 6) is -1.10. The molecule has 0 saturated carbocycles. The Labute approximate surface area is 227 Å². The van der Waals surface area contributed by atoms with Crippen LogP contribution in [0.5, 0.6) is 5.75 Å². The molecule has 2 aliphatic heterocycles. The van der Waals surface area contributed by atoms with Crippen molar-refractivity contribution < 1.29 is 37.4 Å². The number of carbonyl (C=O) groups is 1. The van der Waals surface area contributed by atoms with Crippen LogP contribution in [0, 0.1) is 0 Å². The molecule has 2 fully saturated rings.